The minimum atomic E-state index is -0.515. The molecule has 5 nitrogen and oxygen atoms in total. The van der Waals surface area contributed by atoms with E-state index in [-0.39, 0.29) is 16.5 Å². The van der Waals surface area contributed by atoms with Gasteiger partial charge in [-0.3, -0.25) is 9.59 Å². The van der Waals surface area contributed by atoms with E-state index in [1.54, 1.807) is 4.90 Å². The summed E-state index contributed by atoms with van der Waals surface area (Å²) >= 11 is 5.73. The van der Waals surface area contributed by atoms with E-state index in [9.17, 15) is 14.0 Å². The van der Waals surface area contributed by atoms with E-state index in [1.165, 1.54) is 18.2 Å². The molecule has 0 aromatic heterocycles. The van der Waals surface area contributed by atoms with Crippen molar-refractivity contribution in [2.45, 2.75) is 46.1 Å². The van der Waals surface area contributed by atoms with E-state index in [0.717, 1.165) is 38.9 Å². The van der Waals surface area contributed by atoms with E-state index in [1.807, 2.05) is 0 Å². The Morgan fingerprint density at radius 2 is 1.96 bits per heavy atom. The number of halogens is 2. The third kappa shape index (κ3) is 6.45. The van der Waals surface area contributed by atoms with Gasteiger partial charge >= 0.3 is 0 Å². The second kappa shape index (κ2) is 9.23. The molecule has 2 aliphatic rings. The number of amides is 2. The van der Waals surface area contributed by atoms with Crippen molar-refractivity contribution in [2.75, 3.05) is 26.2 Å². The molecule has 7 heteroatoms. The number of likely N-dealkylation sites (tertiary alicyclic amines) is 1. The average molecular weight is 412 g/mol. The summed E-state index contributed by atoms with van der Waals surface area (Å²) in [6.07, 6.45) is 2.94. The maximum absolute atomic E-state index is 13.2. The Bertz CT molecular complexity index is 671. The van der Waals surface area contributed by atoms with Crippen molar-refractivity contribution in [2.24, 2.45) is 11.3 Å². The summed E-state index contributed by atoms with van der Waals surface area (Å²) in [5.41, 5.74) is 0.831. The molecule has 1 saturated heterocycles. The molecular weight excluding hydrogens is 381 g/mol. The molecule has 0 unspecified atom stereocenters. The zero-order chi connectivity index (χ0) is 20.9. The predicted molar refractivity (Wildman–Crippen MR) is 110 cm³/mol. The summed E-state index contributed by atoms with van der Waals surface area (Å²) < 4.78 is 13.2. The van der Waals surface area contributed by atoms with Crippen molar-refractivity contribution in [1.82, 2.24) is 15.5 Å². The molecule has 28 heavy (non-hydrogen) atoms. The summed E-state index contributed by atoms with van der Waals surface area (Å²) in [4.78, 5) is 24.3. The van der Waals surface area contributed by atoms with Crippen molar-refractivity contribution < 1.29 is 14.0 Å². The van der Waals surface area contributed by atoms with Crippen LogP contribution in [-0.4, -0.2) is 48.9 Å². The van der Waals surface area contributed by atoms with Crippen molar-refractivity contribution >= 4 is 23.9 Å². The van der Waals surface area contributed by atoms with E-state index in [0.29, 0.717) is 23.4 Å². The monoisotopic (exact) mass is 411 g/mol. The Balaban J connectivity index is 0.000000345. The van der Waals surface area contributed by atoms with Crippen LogP contribution in [0.2, 0.25) is 5.02 Å². The Kier molecular flexibility index (Phi) is 7.46. The minimum Gasteiger partial charge on any atom is -0.352 e. The Morgan fingerprint density at radius 1 is 1.32 bits per heavy atom. The van der Waals surface area contributed by atoms with Gasteiger partial charge in [-0.2, -0.15) is 0 Å². The number of carbonyl (C=O) groups is 2. The van der Waals surface area contributed by atoms with Gasteiger partial charge < -0.3 is 15.5 Å². The molecule has 1 saturated carbocycles. The van der Waals surface area contributed by atoms with Crippen LogP contribution in [0.4, 0.5) is 4.39 Å². The maximum atomic E-state index is 13.2. The molecule has 2 fully saturated rings. The first-order valence-electron chi connectivity index (χ1n) is 9.74. The quantitative estimate of drug-likeness (QED) is 0.729. The van der Waals surface area contributed by atoms with Crippen LogP contribution in [-0.2, 0) is 4.79 Å². The SMILES string of the molecule is CCNC(C)(C)C.O=CN1CC2(CC(CNC(=O)c3cc(F)cc(Cl)c3)C2)C1. The number of hydrogen-bond donors (Lipinski definition) is 2. The van der Waals surface area contributed by atoms with E-state index in [2.05, 4.69) is 38.3 Å². The molecular formula is C21H31ClFN3O2. The van der Waals surface area contributed by atoms with Gasteiger partial charge in [-0.1, -0.05) is 18.5 Å². The third-order valence-electron chi connectivity index (χ3n) is 5.05. The molecule has 1 aliphatic carbocycles. The van der Waals surface area contributed by atoms with Gasteiger partial charge in [0.25, 0.3) is 5.91 Å². The van der Waals surface area contributed by atoms with Crippen LogP contribution >= 0.6 is 11.6 Å². The van der Waals surface area contributed by atoms with Crippen LogP contribution in [0, 0.1) is 17.2 Å². The summed E-state index contributed by atoms with van der Waals surface area (Å²) in [6, 6.07) is 3.80. The second-order valence-electron chi connectivity index (χ2n) is 8.93. The van der Waals surface area contributed by atoms with Crippen LogP contribution in [0.25, 0.3) is 0 Å². The summed E-state index contributed by atoms with van der Waals surface area (Å²) in [5.74, 6) is -0.383. The topological polar surface area (TPSA) is 61.4 Å². The lowest BCUT2D eigenvalue weighted by molar-refractivity contribution is -0.141. The van der Waals surface area contributed by atoms with Gasteiger partial charge in [-0.15, -0.1) is 0 Å². The van der Waals surface area contributed by atoms with Gasteiger partial charge in [0, 0.05) is 41.2 Å². The lowest BCUT2D eigenvalue weighted by Gasteiger charge is -2.58. The molecule has 156 valence electrons. The first-order valence-corrected chi connectivity index (χ1v) is 10.1. The summed E-state index contributed by atoms with van der Waals surface area (Å²) in [7, 11) is 0. The van der Waals surface area contributed by atoms with Crippen LogP contribution < -0.4 is 10.6 Å². The highest BCUT2D eigenvalue weighted by atomic mass is 35.5. The molecule has 1 aromatic carbocycles. The predicted octanol–water partition coefficient (Wildman–Crippen LogP) is 3.47. The number of carbonyl (C=O) groups excluding carboxylic acids is 2. The Hall–Kier alpha value is -1.66. The molecule has 1 aliphatic heterocycles. The number of benzene rings is 1. The highest BCUT2D eigenvalue weighted by Gasteiger charge is 2.51. The number of hydrogen-bond acceptors (Lipinski definition) is 3. The Labute approximate surface area is 172 Å². The zero-order valence-electron chi connectivity index (χ0n) is 17.1. The molecule has 1 heterocycles. The third-order valence-corrected chi connectivity index (χ3v) is 5.27. The molecule has 0 bridgehead atoms. The highest BCUT2D eigenvalue weighted by molar-refractivity contribution is 6.31. The van der Waals surface area contributed by atoms with Crippen LogP contribution in [0.3, 0.4) is 0 Å². The van der Waals surface area contributed by atoms with Crippen LogP contribution in [0.1, 0.15) is 50.9 Å². The second-order valence-corrected chi connectivity index (χ2v) is 9.37. The molecule has 0 atom stereocenters. The normalized spacial score (nSPS) is 17.9. The molecule has 1 spiro atoms. The lowest BCUT2D eigenvalue weighted by Crippen LogP contribution is -2.62. The van der Waals surface area contributed by atoms with Gasteiger partial charge in [-0.25, -0.2) is 4.39 Å². The maximum Gasteiger partial charge on any atom is 0.251 e. The van der Waals surface area contributed by atoms with Gasteiger partial charge in [0.1, 0.15) is 5.82 Å². The van der Waals surface area contributed by atoms with Crippen LogP contribution in [0.5, 0.6) is 0 Å². The smallest absolute Gasteiger partial charge is 0.251 e. The van der Waals surface area contributed by atoms with Crippen molar-refractivity contribution in [3.8, 4) is 0 Å². The average Bonchev–Trinajstić information content (AvgIpc) is 2.50. The Morgan fingerprint density at radius 3 is 2.43 bits per heavy atom. The van der Waals surface area contributed by atoms with E-state index in [4.69, 9.17) is 11.6 Å². The van der Waals surface area contributed by atoms with E-state index >= 15 is 0 Å². The number of nitrogens with one attached hydrogen (secondary N) is 2. The van der Waals surface area contributed by atoms with E-state index < -0.39 is 5.82 Å². The van der Waals surface area contributed by atoms with Gasteiger partial charge in [-0.05, 0) is 64.3 Å². The molecule has 1 aromatic rings. The van der Waals surface area contributed by atoms with Crippen molar-refractivity contribution in [3.05, 3.63) is 34.6 Å². The fourth-order valence-corrected chi connectivity index (χ4v) is 4.23. The van der Waals surface area contributed by atoms with Gasteiger partial charge in [0.05, 0.1) is 0 Å². The molecule has 3 rings (SSSR count). The highest BCUT2D eigenvalue weighted by Crippen LogP contribution is 2.51. The van der Waals surface area contributed by atoms with Crippen molar-refractivity contribution in [3.63, 3.8) is 0 Å². The number of rotatable bonds is 5. The van der Waals surface area contributed by atoms with Crippen molar-refractivity contribution in [1.29, 1.82) is 0 Å². The van der Waals surface area contributed by atoms with Gasteiger partial charge in [0.15, 0.2) is 0 Å². The summed E-state index contributed by atoms with van der Waals surface area (Å²) in [6.45, 7) is 11.9. The summed E-state index contributed by atoms with van der Waals surface area (Å²) in [5, 5.41) is 6.32. The largest absolute Gasteiger partial charge is 0.352 e. The lowest BCUT2D eigenvalue weighted by atomic mass is 9.58. The molecule has 2 amide bonds. The standard InChI is InChI=1S/C15H16ClFN2O2.C6H15N/c16-12-1-11(2-13(17)3-12)14(21)18-6-10-4-15(5-10)7-19(8-15)9-20;1-5-7-6(2,3)4/h1-3,9-10H,4-8H2,(H,18,21);7H,5H2,1-4H3. The number of nitrogens with zero attached hydrogens (tertiary/aromatic N) is 1. The van der Waals surface area contributed by atoms with Gasteiger partial charge in [0.2, 0.25) is 6.41 Å². The molecule has 2 N–H and O–H groups in total. The molecule has 0 radical (unpaired) electrons. The first kappa shape index (κ1) is 22.6. The first-order chi connectivity index (χ1) is 13.1. The fourth-order valence-electron chi connectivity index (χ4n) is 4.01. The fraction of sp³-hybridized carbons (Fsp3) is 0.619. The zero-order valence-corrected chi connectivity index (χ0v) is 17.9. The van der Waals surface area contributed by atoms with Crippen LogP contribution in [0.15, 0.2) is 18.2 Å². The minimum absolute atomic E-state index is 0.214.